The van der Waals surface area contributed by atoms with Crippen LogP contribution in [0.3, 0.4) is 0 Å². The number of rotatable bonds is 10. The summed E-state index contributed by atoms with van der Waals surface area (Å²) in [5.41, 5.74) is 1.30. The van der Waals surface area contributed by atoms with Gasteiger partial charge in [-0.05, 0) is 44.5 Å². The van der Waals surface area contributed by atoms with Crippen LogP contribution in [-0.4, -0.2) is 91.5 Å². The van der Waals surface area contributed by atoms with Crippen LogP contribution in [0.5, 0.6) is 0 Å². The van der Waals surface area contributed by atoms with Crippen LogP contribution in [0.25, 0.3) is 11.0 Å². The molecule has 2 heterocycles. The van der Waals surface area contributed by atoms with Gasteiger partial charge in [-0.25, -0.2) is 13.1 Å². The van der Waals surface area contributed by atoms with E-state index in [2.05, 4.69) is 27.5 Å². The van der Waals surface area contributed by atoms with Crippen molar-refractivity contribution < 1.29 is 17.9 Å². The van der Waals surface area contributed by atoms with Crippen LogP contribution in [0.1, 0.15) is 32.7 Å². The molecular weight excluding hydrogens is 420 g/mol. The van der Waals surface area contributed by atoms with Gasteiger partial charge in [-0.2, -0.15) is 4.31 Å². The highest BCUT2D eigenvalue weighted by Gasteiger charge is 2.24. The number of amides is 1. The number of sulfonamides is 1. The first kappa shape index (κ1) is 23.6. The van der Waals surface area contributed by atoms with E-state index >= 15 is 0 Å². The number of morpholine rings is 1. The van der Waals surface area contributed by atoms with Gasteiger partial charge in [0, 0.05) is 26.7 Å². The lowest BCUT2D eigenvalue weighted by molar-refractivity contribution is -0.121. The van der Waals surface area contributed by atoms with Gasteiger partial charge in [-0.3, -0.25) is 9.69 Å². The molecule has 1 unspecified atom stereocenters. The Morgan fingerprint density at radius 3 is 2.77 bits per heavy atom. The zero-order valence-electron chi connectivity index (χ0n) is 18.5. The predicted octanol–water partition coefficient (Wildman–Crippen LogP) is 0.861. The number of ether oxygens (including phenoxy) is 1. The second kappa shape index (κ2) is 10.5. The number of carbonyl (C=O) groups excluding carboxylic acids is 1. The smallest absolute Gasteiger partial charge is 0.243 e. The van der Waals surface area contributed by atoms with E-state index in [1.807, 2.05) is 6.92 Å². The molecule has 0 aliphatic carbocycles. The largest absolute Gasteiger partial charge is 0.379 e. The normalized spacial score (nSPS) is 16.6. The Labute approximate surface area is 183 Å². The van der Waals surface area contributed by atoms with Crippen molar-refractivity contribution in [1.82, 2.24) is 29.5 Å². The molecule has 1 N–H and O–H groups in total. The molecule has 1 aliphatic rings. The lowest BCUT2D eigenvalue weighted by Gasteiger charge is -2.26. The molecule has 0 bridgehead atoms. The van der Waals surface area contributed by atoms with Gasteiger partial charge in [-0.1, -0.05) is 12.1 Å². The molecule has 1 aromatic heterocycles. The van der Waals surface area contributed by atoms with Gasteiger partial charge in [0.25, 0.3) is 0 Å². The van der Waals surface area contributed by atoms with Crippen molar-refractivity contribution in [2.24, 2.45) is 0 Å². The number of benzene rings is 1. The van der Waals surface area contributed by atoms with Crippen molar-refractivity contribution in [3.63, 3.8) is 0 Å². The zero-order chi connectivity index (χ0) is 22.4. The minimum atomic E-state index is -3.82. The van der Waals surface area contributed by atoms with E-state index in [4.69, 9.17) is 4.74 Å². The van der Waals surface area contributed by atoms with Crippen LogP contribution in [0.15, 0.2) is 23.1 Å². The third kappa shape index (κ3) is 5.79. The molecule has 1 amide bonds. The van der Waals surface area contributed by atoms with Crippen LogP contribution in [0, 0.1) is 0 Å². The van der Waals surface area contributed by atoms with Gasteiger partial charge in [0.1, 0.15) is 5.52 Å². The van der Waals surface area contributed by atoms with Gasteiger partial charge in [0.05, 0.1) is 36.2 Å². The summed E-state index contributed by atoms with van der Waals surface area (Å²) in [6.45, 7) is 8.55. The number of nitrogens with one attached hydrogen (secondary N) is 1. The Balaban J connectivity index is 1.55. The Bertz CT molecular complexity index is 987. The molecule has 3 rings (SSSR count). The van der Waals surface area contributed by atoms with E-state index in [1.54, 1.807) is 10.7 Å². The maximum atomic E-state index is 12.9. The lowest BCUT2D eigenvalue weighted by atomic mass is 10.2. The lowest BCUT2D eigenvalue weighted by Crippen LogP contribution is -2.40. The molecule has 31 heavy (non-hydrogen) atoms. The highest BCUT2D eigenvalue weighted by Crippen LogP contribution is 2.22. The van der Waals surface area contributed by atoms with Gasteiger partial charge in [0.15, 0.2) is 0 Å². The average Bonchev–Trinajstić information content (AvgIpc) is 3.20. The highest BCUT2D eigenvalue weighted by molar-refractivity contribution is 7.89. The van der Waals surface area contributed by atoms with E-state index < -0.39 is 10.0 Å². The van der Waals surface area contributed by atoms with Crippen LogP contribution in [-0.2, 0) is 19.6 Å². The maximum absolute atomic E-state index is 12.9. The van der Waals surface area contributed by atoms with E-state index in [0.717, 1.165) is 55.5 Å². The molecule has 1 atom stereocenters. The minimum absolute atomic E-state index is 0.0961. The highest BCUT2D eigenvalue weighted by atomic mass is 32.2. The van der Waals surface area contributed by atoms with Crippen molar-refractivity contribution >= 4 is 27.0 Å². The first-order valence-corrected chi connectivity index (χ1v) is 12.1. The third-order valence-electron chi connectivity index (χ3n) is 5.60. The number of fused-ring (bicyclic) bond motifs is 1. The van der Waals surface area contributed by atoms with Gasteiger partial charge >= 0.3 is 0 Å². The summed E-state index contributed by atoms with van der Waals surface area (Å²) < 4.78 is 34.0. The van der Waals surface area contributed by atoms with Crippen LogP contribution in [0.4, 0.5) is 0 Å². The van der Waals surface area contributed by atoms with Crippen molar-refractivity contribution in [3.8, 4) is 0 Å². The zero-order valence-corrected chi connectivity index (χ0v) is 19.3. The fourth-order valence-electron chi connectivity index (χ4n) is 3.46. The van der Waals surface area contributed by atoms with Gasteiger partial charge in [-0.15, -0.1) is 5.10 Å². The quantitative estimate of drug-likeness (QED) is 0.533. The summed E-state index contributed by atoms with van der Waals surface area (Å²) in [5.74, 6) is -0.322. The molecule has 1 saturated heterocycles. The van der Waals surface area contributed by atoms with E-state index in [9.17, 15) is 13.2 Å². The Morgan fingerprint density at radius 1 is 1.32 bits per heavy atom. The monoisotopic (exact) mass is 452 g/mol. The summed E-state index contributed by atoms with van der Waals surface area (Å²) in [6, 6.07) is 4.93. The molecule has 1 aromatic carbocycles. The molecule has 1 fully saturated rings. The molecule has 10 nitrogen and oxygen atoms in total. The summed E-state index contributed by atoms with van der Waals surface area (Å²) in [5, 5.41) is 11.1. The maximum Gasteiger partial charge on any atom is 0.243 e. The van der Waals surface area contributed by atoms with Crippen LogP contribution in [0.2, 0.25) is 0 Å². The molecule has 11 heteroatoms. The van der Waals surface area contributed by atoms with Crippen molar-refractivity contribution in [2.75, 3.05) is 53.0 Å². The van der Waals surface area contributed by atoms with Gasteiger partial charge in [0.2, 0.25) is 15.9 Å². The Hall–Kier alpha value is -2.08. The SMILES string of the molecule is CCC(C)n1nnc2cc(S(=O)(=O)N(C)CC(=O)NCCCN3CCOCC3)ccc21. The number of nitrogens with zero attached hydrogens (tertiary/aromatic N) is 5. The molecule has 2 aromatic rings. The summed E-state index contributed by atoms with van der Waals surface area (Å²) in [7, 11) is -2.41. The summed E-state index contributed by atoms with van der Waals surface area (Å²) in [4.78, 5) is 14.6. The van der Waals surface area contributed by atoms with E-state index in [1.165, 1.54) is 19.2 Å². The van der Waals surface area contributed by atoms with Crippen molar-refractivity contribution in [1.29, 1.82) is 0 Å². The topological polar surface area (TPSA) is 110 Å². The molecule has 0 radical (unpaired) electrons. The fraction of sp³-hybridized carbons (Fsp3) is 0.650. The standard InChI is InChI=1S/C20H32N6O4S/c1-4-16(2)26-19-7-6-17(14-18(19)22-23-26)31(28,29)24(3)15-20(27)21-8-5-9-25-10-12-30-13-11-25/h6-7,14,16H,4-5,8-13,15H2,1-3H3,(H,21,27). The second-order valence-electron chi connectivity index (χ2n) is 7.86. The third-order valence-corrected chi connectivity index (χ3v) is 7.40. The average molecular weight is 453 g/mol. The predicted molar refractivity (Wildman–Crippen MR) is 117 cm³/mol. The van der Waals surface area contributed by atoms with Crippen LogP contribution < -0.4 is 5.32 Å². The molecule has 172 valence electrons. The van der Waals surface area contributed by atoms with Crippen LogP contribution >= 0.6 is 0 Å². The fourth-order valence-corrected chi connectivity index (χ4v) is 4.61. The molecule has 0 spiro atoms. The first-order chi connectivity index (χ1) is 14.8. The number of likely N-dealkylation sites (N-methyl/N-ethyl adjacent to an activating group) is 1. The van der Waals surface area contributed by atoms with Crippen molar-refractivity contribution in [2.45, 2.75) is 37.6 Å². The second-order valence-corrected chi connectivity index (χ2v) is 9.91. The van der Waals surface area contributed by atoms with Gasteiger partial charge < -0.3 is 10.1 Å². The van der Waals surface area contributed by atoms with Crippen molar-refractivity contribution in [3.05, 3.63) is 18.2 Å². The minimum Gasteiger partial charge on any atom is -0.379 e. The molecular formula is C20H32N6O4S. The van der Waals surface area contributed by atoms with E-state index in [-0.39, 0.29) is 23.4 Å². The number of carbonyl (C=O) groups is 1. The molecule has 0 saturated carbocycles. The Kier molecular flexibility index (Phi) is 7.98. The Morgan fingerprint density at radius 2 is 2.06 bits per heavy atom. The first-order valence-electron chi connectivity index (χ1n) is 10.7. The summed E-state index contributed by atoms with van der Waals surface area (Å²) in [6.07, 6.45) is 1.70. The van der Waals surface area contributed by atoms with E-state index in [0.29, 0.717) is 12.1 Å². The molecule has 1 aliphatic heterocycles. The summed E-state index contributed by atoms with van der Waals surface area (Å²) >= 11 is 0. The number of hydrogen-bond donors (Lipinski definition) is 1. The number of aromatic nitrogens is 3. The number of hydrogen-bond acceptors (Lipinski definition) is 7.